The van der Waals surface area contributed by atoms with Crippen LogP contribution in [0.4, 0.5) is 0 Å². The van der Waals surface area contributed by atoms with Crippen molar-refractivity contribution >= 4 is 18.3 Å². The average molecular weight is 325 g/mol. The summed E-state index contributed by atoms with van der Waals surface area (Å²) < 4.78 is 6.84. The first-order valence-electron chi connectivity index (χ1n) is 6.78. The Balaban J connectivity index is 0.00000242. The number of nitrogens with zero attached hydrogens (tertiary/aromatic N) is 2. The summed E-state index contributed by atoms with van der Waals surface area (Å²) in [6.07, 6.45) is 3.28. The number of ether oxygens (including phenoxy) is 1. The number of carbonyl (C=O) groups excluding carboxylic acids is 1. The lowest BCUT2D eigenvalue weighted by molar-refractivity contribution is 0.0941. The molecular formula is C15H21ClN4O2. The van der Waals surface area contributed by atoms with Crippen LogP contribution in [0.3, 0.4) is 0 Å². The second-order valence-corrected chi connectivity index (χ2v) is 4.88. The molecule has 0 fully saturated rings. The number of hydrogen-bond donors (Lipinski definition) is 2. The van der Waals surface area contributed by atoms with Gasteiger partial charge in [0.2, 0.25) is 0 Å². The van der Waals surface area contributed by atoms with Crippen LogP contribution in [0.5, 0.6) is 5.75 Å². The largest absolute Gasteiger partial charge is 0.497 e. The van der Waals surface area contributed by atoms with Gasteiger partial charge in [-0.2, -0.15) is 5.10 Å². The fourth-order valence-electron chi connectivity index (χ4n) is 1.85. The van der Waals surface area contributed by atoms with Crippen molar-refractivity contribution in [3.05, 3.63) is 47.8 Å². The van der Waals surface area contributed by atoms with Crippen LogP contribution in [-0.4, -0.2) is 35.4 Å². The van der Waals surface area contributed by atoms with Gasteiger partial charge >= 0.3 is 0 Å². The van der Waals surface area contributed by atoms with Gasteiger partial charge in [0, 0.05) is 18.8 Å². The van der Waals surface area contributed by atoms with Crippen molar-refractivity contribution in [2.45, 2.75) is 19.5 Å². The van der Waals surface area contributed by atoms with Gasteiger partial charge in [-0.3, -0.25) is 9.48 Å². The van der Waals surface area contributed by atoms with E-state index in [1.165, 1.54) is 0 Å². The van der Waals surface area contributed by atoms with Crippen molar-refractivity contribution in [2.24, 2.45) is 5.73 Å². The van der Waals surface area contributed by atoms with Crippen LogP contribution in [0.15, 0.2) is 36.7 Å². The minimum absolute atomic E-state index is 0. The fourth-order valence-corrected chi connectivity index (χ4v) is 1.85. The number of methoxy groups -OCH3 is 1. The van der Waals surface area contributed by atoms with Crippen LogP contribution in [0.25, 0.3) is 0 Å². The molecule has 1 atom stereocenters. The van der Waals surface area contributed by atoms with Crippen LogP contribution < -0.4 is 15.8 Å². The van der Waals surface area contributed by atoms with Crippen molar-refractivity contribution < 1.29 is 9.53 Å². The lowest BCUT2D eigenvalue weighted by Gasteiger charge is -2.09. The molecule has 6 nitrogen and oxygen atoms in total. The summed E-state index contributed by atoms with van der Waals surface area (Å²) in [7, 11) is 1.63. The summed E-state index contributed by atoms with van der Waals surface area (Å²) in [5.41, 5.74) is 7.10. The highest BCUT2D eigenvalue weighted by Gasteiger charge is 2.11. The van der Waals surface area contributed by atoms with Crippen molar-refractivity contribution in [2.75, 3.05) is 13.7 Å². The summed E-state index contributed by atoms with van der Waals surface area (Å²) in [5.74, 6) is 0.656. The molecule has 1 aromatic carbocycles. The average Bonchev–Trinajstić information content (AvgIpc) is 2.96. The van der Waals surface area contributed by atoms with Gasteiger partial charge in [0.15, 0.2) is 0 Å². The third kappa shape index (κ3) is 4.75. The summed E-state index contributed by atoms with van der Waals surface area (Å²) in [6.45, 7) is 2.87. The van der Waals surface area contributed by atoms with Gasteiger partial charge in [-0.15, -0.1) is 12.4 Å². The van der Waals surface area contributed by atoms with E-state index in [0.717, 1.165) is 11.3 Å². The normalized spacial score (nSPS) is 11.4. The predicted octanol–water partition coefficient (Wildman–Crippen LogP) is 1.44. The van der Waals surface area contributed by atoms with Crippen LogP contribution in [0.2, 0.25) is 0 Å². The molecule has 0 bridgehead atoms. The number of carbonyl (C=O) groups is 1. The van der Waals surface area contributed by atoms with Crippen molar-refractivity contribution in [1.29, 1.82) is 0 Å². The van der Waals surface area contributed by atoms with E-state index in [1.54, 1.807) is 24.2 Å². The molecule has 0 spiro atoms. The Bertz CT molecular complexity index is 598. The Hall–Kier alpha value is -2.05. The third-order valence-electron chi connectivity index (χ3n) is 3.13. The Morgan fingerprint density at radius 3 is 2.68 bits per heavy atom. The lowest BCUT2D eigenvalue weighted by atomic mass is 10.2. The van der Waals surface area contributed by atoms with E-state index in [9.17, 15) is 4.79 Å². The van der Waals surface area contributed by atoms with Crippen LogP contribution in [0.1, 0.15) is 22.8 Å². The molecule has 22 heavy (non-hydrogen) atoms. The molecule has 120 valence electrons. The molecule has 0 aliphatic carbocycles. The fraction of sp³-hybridized carbons (Fsp3) is 0.333. The molecular weight excluding hydrogens is 304 g/mol. The Labute approximate surface area is 136 Å². The number of halogens is 1. The molecule has 0 unspecified atom stereocenters. The number of benzene rings is 1. The summed E-state index contributed by atoms with van der Waals surface area (Å²) in [5, 5.41) is 7.01. The Morgan fingerprint density at radius 2 is 2.09 bits per heavy atom. The summed E-state index contributed by atoms with van der Waals surface area (Å²) >= 11 is 0. The first kappa shape index (κ1) is 18.0. The van der Waals surface area contributed by atoms with E-state index in [2.05, 4.69) is 10.4 Å². The zero-order valence-corrected chi connectivity index (χ0v) is 13.5. The monoisotopic (exact) mass is 324 g/mol. The van der Waals surface area contributed by atoms with Crippen LogP contribution in [0, 0.1) is 0 Å². The lowest BCUT2D eigenvalue weighted by Crippen LogP contribution is -2.37. The number of aromatic nitrogens is 2. The maximum atomic E-state index is 11.9. The van der Waals surface area contributed by atoms with E-state index < -0.39 is 0 Å². The minimum atomic E-state index is -0.158. The van der Waals surface area contributed by atoms with Crippen molar-refractivity contribution in [1.82, 2.24) is 15.1 Å². The van der Waals surface area contributed by atoms with Gasteiger partial charge in [0.05, 0.1) is 25.4 Å². The molecule has 0 saturated heterocycles. The highest BCUT2D eigenvalue weighted by Crippen LogP contribution is 2.12. The summed E-state index contributed by atoms with van der Waals surface area (Å²) in [4.78, 5) is 11.9. The zero-order valence-electron chi connectivity index (χ0n) is 12.7. The van der Waals surface area contributed by atoms with Gasteiger partial charge in [-0.1, -0.05) is 12.1 Å². The quantitative estimate of drug-likeness (QED) is 0.842. The third-order valence-corrected chi connectivity index (χ3v) is 3.13. The first-order valence-corrected chi connectivity index (χ1v) is 6.78. The molecule has 0 radical (unpaired) electrons. The number of amides is 1. The second kappa shape index (κ2) is 8.41. The second-order valence-electron chi connectivity index (χ2n) is 4.88. The van der Waals surface area contributed by atoms with Crippen LogP contribution >= 0.6 is 12.4 Å². The molecule has 3 N–H and O–H groups in total. The predicted molar refractivity (Wildman–Crippen MR) is 87.6 cm³/mol. The van der Waals surface area contributed by atoms with Crippen LogP contribution in [-0.2, 0) is 6.54 Å². The molecule has 0 aliphatic heterocycles. The maximum Gasteiger partial charge on any atom is 0.254 e. The van der Waals surface area contributed by atoms with Crippen molar-refractivity contribution in [3.63, 3.8) is 0 Å². The molecule has 0 saturated carbocycles. The highest BCUT2D eigenvalue weighted by atomic mass is 35.5. The van der Waals surface area contributed by atoms with E-state index in [0.29, 0.717) is 18.7 Å². The Kier molecular flexibility index (Phi) is 6.88. The van der Waals surface area contributed by atoms with Gasteiger partial charge < -0.3 is 15.8 Å². The number of nitrogens with two attached hydrogens (primary N) is 1. The van der Waals surface area contributed by atoms with Crippen molar-refractivity contribution in [3.8, 4) is 5.75 Å². The van der Waals surface area contributed by atoms with Gasteiger partial charge in [0.1, 0.15) is 5.75 Å². The number of hydrogen-bond acceptors (Lipinski definition) is 4. The topological polar surface area (TPSA) is 82.2 Å². The van der Waals surface area contributed by atoms with E-state index in [-0.39, 0.29) is 24.4 Å². The first-order chi connectivity index (χ1) is 10.1. The van der Waals surface area contributed by atoms with Gasteiger partial charge in [0.25, 0.3) is 5.91 Å². The molecule has 2 aromatic rings. The van der Waals surface area contributed by atoms with Gasteiger partial charge in [-0.05, 0) is 24.6 Å². The summed E-state index contributed by atoms with van der Waals surface area (Å²) in [6, 6.07) is 7.68. The maximum absolute atomic E-state index is 11.9. The highest BCUT2D eigenvalue weighted by molar-refractivity contribution is 5.93. The zero-order chi connectivity index (χ0) is 15.2. The molecule has 1 heterocycles. The number of nitrogens with one attached hydrogen (secondary N) is 1. The molecule has 7 heteroatoms. The standard InChI is InChI=1S/C15H20N4O2.ClH/c1-11(7-16)18-15(20)13-8-17-19(10-13)9-12-3-5-14(21-2)6-4-12;/h3-6,8,10-11H,7,9,16H2,1-2H3,(H,18,20);1H/t11-;/m0./s1. The molecule has 1 amide bonds. The molecule has 1 aromatic heterocycles. The van der Waals surface area contributed by atoms with E-state index >= 15 is 0 Å². The minimum Gasteiger partial charge on any atom is -0.497 e. The SMILES string of the molecule is COc1ccc(Cn2cc(C(=O)N[C@@H](C)CN)cn2)cc1.Cl. The Morgan fingerprint density at radius 1 is 1.41 bits per heavy atom. The smallest absolute Gasteiger partial charge is 0.254 e. The van der Waals surface area contributed by atoms with E-state index in [1.807, 2.05) is 31.2 Å². The molecule has 0 aliphatic rings. The number of rotatable bonds is 6. The van der Waals surface area contributed by atoms with E-state index in [4.69, 9.17) is 10.5 Å². The molecule has 2 rings (SSSR count). The van der Waals surface area contributed by atoms with Gasteiger partial charge in [-0.25, -0.2) is 0 Å².